The van der Waals surface area contributed by atoms with E-state index in [4.69, 9.17) is 0 Å². The van der Waals surface area contributed by atoms with E-state index in [1.54, 1.807) is 0 Å². The molecule has 0 spiro atoms. The van der Waals surface area contributed by atoms with Crippen molar-refractivity contribution in [1.82, 2.24) is 0 Å². The van der Waals surface area contributed by atoms with Gasteiger partial charge in [0.25, 0.3) is 0 Å². The van der Waals surface area contributed by atoms with E-state index >= 15 is 0 Å². The molecule has 0 radical (unpaired) electrons. The Morgan fingerprint density at radius 2 is 0.606 bits per heavy atom. The molecule has 0 unspecified atom stereocenters. The van der Waals surface area contributed by atoms with Crippen molar-refractivity contribution in [3.63, 3.8) is 0 Å². The van der Waals surface area contributed by atoms with Gasteiger partial charge in [-0.25, -0.2) is 0 Å². The fourth-order valence-corrected chi connectivity index (χ4v) is 11.1. The predicted octanol–water partition coefficient (Wildman–Crippen LogP) is 17.8. The average Bonchev–Trinajstić information content (AvgIpc) is 3.72. The van der Waals surface area contributed by atoms with Crippen LogP contribution in [-0.4, -0.2) is 0 Å². The Hall–Kier alpha value is -8.83. The second kappa shape index (κ2) is 15.2. The molecule has 0 heterocycles. The van der Waals surface area contributed by atoms with E-state index in [0.29, 0.717) is 5.56 Å². The van der Waals surface area contributed by atoms with Gasteiger partial charge >= 0.3 is 0 Å². The molecule has 0 fully saturated rings. The highest BCUT2D eigenvalue weighted by Gasteiger charge is 2.31. The molecule has 0 bridgehead atoms. The standard InChI is InChI=1S/C65H39N/c66-40-47-38-45(32-34-48(47)46-33-35-55-58(39-46)60(42-20-7-2-8-21-42)52-27-14-13-26-51(52)59(55)41-18-5-1-6-19-41)49-36-37-57-63-50(49)30-17-31-56(63)64-61(43-22-9-3-10-23-43)53-28-15-16-29-54(53)62(65(57)64)44-24-11-4-12-25-44/h1-39H. The predicted molar refractivity (Wildman–Crippen MR) is 278 cm³/mol. The SMILES string of the molecule is N#Cc1cc(-c2ccc3c4c(cccc24)-c2c-3c(-c3ccccc3)c3ccccc3c2-c2ccccc2)ccc1-c1ccc2c(-c3ccccc3)c3ccccc3c(-c3ccccc3)c2c1. The van der Waals surface area contributed by atoms with E-state index in [-0.39, 0.29) is 0 Å². The molecule has 12 aromatic rings. The van der Waals surface area contributed by atoms with Gasteiger partial charge in [0, 0.05) is 0 Å². The summed E-state index contributed by atoms with van der Waals surface area (Å²) in [5.74, 6) is 0. The number of hydrogen-bond acceptors (Lipinski definition) is 1. The van der Waals surface area contributed by atoms with E-state index < -0.39 is 0 Å². The third-order valence-electron chi connectivity index (χ3n) is 13.8. The summed E-state index contributed by atoms with van der Waals surface area (Å²) >= 11 is 0. The first-order valence-electron chi connectivity index (χ1n) is 22.7. The first-order chi connectivity index (χ1) is 32.7. The van der Waals surface area contributed by atoms with E-state index in [2.05, 4.69) is 243 Å². The van der Waals surface area contributed by atoms with Crippen molar-refractivity contribution < 1.29 is 0 Å². The summed E-state index contributed by atoms with van der Waals surface area (Å²) in [4.78, 5) is 0. The third-order valence-corrected chi connectivity index (χ3v) is 13.8. The largest absolute Gasteiger partial charge is 0.192 e. The molecule has 0 saturated carbocycles. The molecule has 0 N–H and O–H groups in total. The van der Waals surface area contributed by atoms with Crippen LogP contribution in [0.3, 0.4) is 0 Å². The van der Waals surface area contributed by atoms with Crippen molar-refractivity contribution in [3.05, 3.63) is 242 Å². The second-order valence-corrected chi connectivity index (χ2v) is 17.3. The lowest BCUT2D eigenvalue weighted by atomic mass is 9.82. The lowest BCUT2D eigenvalue weighted by Gasteiger charge is -2.20. The topological polar surface area (TPSA) is 23.8 Å². The third kappa shape index (κ3) is 5.72. The number of fused-ring (bicyclic) bond motifs is 6. The van der Waals surface area contributed by atoms with Crippen LogP contribution in [0.5, 0.6) is 0 Å². The van der Waals surface area contributed by atoms with E-state index in [1.165, 1.54) is 104 Å². The van der Waals surface area contributed by atoms with Gasteiger partial charge in [-0.15, -0.1) is 0 Å². The second-order valence-electron chi connectivity index (χ2n) is 17.3. The molecule has 12 aromatic carbocycles. The van der Waals surface area contributed by atoms with Crippen LogP contribution >= 0.6 is 0 Å². The Kier molecular flexibility index (Phi) is 8.66. The summed E-state index contributed by atoms with van der Waals surface area (Å²) in [6.45, 7) is 0. The van der Waals surface area contributed by atoms with E-state index in [1.807, 2.05) is 0 Å². The minimum Gasteiger partial charge on any atom is -0.192 e. The maximum absolute atomic E-state index is 11.0. The Balaban J connectivity index is 1.01. The van der Waals surface area contributed by atoms with Gasteiger partial charge in [-0.05, 0) is 144 Å². The van der Waals surface area contributed by atoms with Gasteiger partial charge in [-0.3, -0.25) is 0 Å². The number of benzene rings is 12. The molecule has 1 aliphatic carbocycles. The van der Waals surface area contributed by atoms with Crippen LogP contribution in [0.25, 0.3) is 132 Å². The van der Waals surface area contributed by atoms with Crippen molar-refractivity contribution in [2.24, 2.45) is 0 Å². The lowest BCUT2D eigenvalue weighted by molar-refractivity contribution is 1.48. The first kappa shape index (κ1) is 37.7. The van der Waals surface area contributed by atoms with Gasteiger partial charge in [-0.2, -0.15) is 5.26 Å². The van der Waals surface area contributed by atoms with Crippen molar-refractivity contribution in [3.8, 4) is 95.1 Å². The minimum atomic E-state index is 0.646. The molecule has 66 heavy (non-hydrogen) atoms. The molecule has 0 saturated heterocycles. The summed E-state index contributed by atoms with van der Waals surface area (Å²) in [6.07, 6.45) is 0. The summed E-state index contributed by atoms with van der Waals surface area (Å²) in [7, 11) is 0. The highest BCUT2D eigenvalue weighted by atomic mass is 14.3. The minimum absolute atomic E-state index is 0.646. The fraction of sp³-hybridized carbons (Fsp3) is 0. The number of nitriles is 1. The summed E-state index contributed by atoms with van der Waals surface area (Å²) < 4.78 is 0. The van der Waals surface area contributed by atoms with E-state index in [9.17, 15) is 5.26 Å². The van der Waals surface area contributed by atoms with Crippen molar-refractivity contribution in [2.75, 3.05) is 0 Å². The maximum Gasteiger partial charge on any atom is 0.0998 e. The molecule has 13 rings (SSSR count). The smallest absolute Gasteiger partial charge is 0.0998 e. The number of hydrogen-bond donors (Lipinski definition) is 0. The fourth-order valence-electron chi connectivity index (χ4n) is 11.1. The van der Waals surface area contributed by atoms with Crippen molar-refractivity contribution in [2.45, 2.75) is 0 Å². The Morgan fingerprint density at radius 1 is 0.227 bits per heavy atom. The molecule has 0 aliphatic heterocycles. The zero-order chi connectivity index (χ0) is 43.7. The number of nitrogens with zero attached hydrogens (tertiary/aromatic N) is 1. The van der Waals surface area contributed by atoms with Crippen molar-refractivity contribution >= 4 is 43.1 Å². The Bertz CT molecular complexity index is 3860. The molecular weight excluding hydrogens is 795 g/mol. The summed E-state index contributed by atoms with van der Waals surface area (Å²) in [6, 6.07) is 88.0. The average molecular weight is 834 g/mol. The van der Waals surface area contributed by atoms with Crippen LogP contribution in [-0.2, 0) is 0 Å². The van der Waals surface area contributed by atoms with Crippen molar-refractivity contribution in [1.29, 1.82) is 5.26 Å². The first-order valence-corrected chi connectivity index (χ1v) is 22.7. The zero-order valence-corrected chi connectivity index (χ0v) is 36.0. The highest BCUT2D eigenvalue weighted by Crippen LogP contribution is 2.58. The van der Waals surface area contributed by atoms with Crippen LogP contribution in [0.4, 0.5) is 0 Å². The van der Waals surface area contributed by atoms with Gasteiger partial charge < -0.3 is 0 Å². The van der Waals surface area contributed by atoms with Gasteiger partial charge in [0.1, 0.15) is 0 Å². The lowest BCUT2D eigenvalue weighted by Crippen LogP contribution is -1.93. The van der Waals surface area contributed by atoms with Gasteiger partial charge in [-0.1, -0.05) is 224 Å². The molecule has 1 aliphatic rings. The van der Waals surface area contributed by atoms with Gasteiger partial charge in [0.15, 0.2) is 0 Å². The van der Waals surface area contributed by atoms with Gasteiger partial charge in [0.05, 0.1) is 11.6 Å². The summed E-state index contributed by atoms with van der Waals surface area (Å²) in [5, 5.41) is 20.7. The molecular formula is C65H39N. The van der Waals surface area contributed by atoms with Crippen LogP contribution in [0.2, 0.25) is 0 Å². The molecule has 1 heteroatoms. The molecule has 1 nitrogen and oxygen atoms in total. The quantitative estimate of drug-likeness (QED) is 0.153. The normalized spacial score (nSPS) is 11.6. The molecule has 0 atom stereocenters. The summed E-state index contributed by atoms with van der Waals surface area (Å²) in [5.41, 5.74) is 19.5. The van der Waals surface area contributed by atoms with Crippen LogP contribution in [0.1, 0.15) is 5.56 Å². The number of rotatable bonds is 6. The molecule has 0 amide bonds. The molecule has 304 valence electrons. The highest BCUT2D eigenvalue weighted by molar-refractivity contribution is 6.29. The van der Waals surface area contributed by atoms with Gasteiger partial charge in [0.2, 0.25) is 0 Å². The zero-order valence-electron chi connectivity index (χ0n) is 36.0. The Morgan fingerprint density at radius 3 is 1.14 bits per heavy atom. The van der Waals surface area contributed by atoms with Crippen LogP contribution in [0.15, 0.2) is 237 Å². The van der Waals surface area contributed by atoms with Crippen LogP contribution < -0.4 is 0 Å². The molecule has 0 aromatic heterocycles. The maximum atomic E-state index is 11.0. The Labute approximate surface area is 383 Å². The van der Waals surface area contributed by atoms with Crippen LogP contribution in [0, 0.1) is 11.3 Å². The monoisotopic (exact) mass is 833 g/mol. The van der Waals surface area contributed by atoms with E-state index in [0.717, 1.165) is 27.6 Å².